The maximum Gasteiger partial charge on any atom is 1.00 e. The monoisotopic (exact) mass is 463 g/mol. The standard InChI is InChI=1S/C18H20N3O6.CO2.2Na/c1-10-13(21-8-12(19-20-21)11-5-3-2-4-6-11)7-15(18(25)26)27-17(10)16(24)14(23)9-22;2-1-3;;/h2-5,7-8,10,13-14,16-17,22-24H,9H2,1H3,(H,25,26);;;/q-1;;2*+1/p-1/t10-,13+,14-,16-,17-;;;/m1.../s1. The Kier molecular flexibility index (Phi) is 14.1. The molecule has 5 atom stereocenters. The molecule has 0 spiro atoms. The van der Waals surface area contributed by atoms with E-state index in [-0.39, 0.29) is 65.3 Å². The third-order valence-electron chi connectivity index (χ3n) is 4.56. The molecule has 0 saturated heterocycles. The molecular weight excluding hydrogens is 444 g/mol. The van der Waals surface area contributed by atoms with Gasteiger partial charge in [-0.2, -0.15) is 14.7 Å². The van der Waals surface area contributed by atoms with Gasteiger partial charge in [0.2, 0.25) is 0 Å². The van der Waals surface area contributed by atoms with Crippen LogP contribution in [0.25, 0.3) is 11.3 Å². The maximum absolute atomic E-state index is 11.3. The summed E-state index contributed by atoms with van der Waals surface area (Å²) < 4.78 is 6.75. The van der Waals surface area contributed by atoms with Crippen molar-refractivity contribution in [2.75, 3.05) is 6.61 Å². The van der Waals surface area contributed by atoms with Gasteiger partial charge in [0.05, 0.1) is 12.6 Å². The second-order valence-electron chi connectivity index (χ2n) is 6.43. The predicted molar refractivity (Wildman–Crippen MR) is 94.6 cm³/mol. The molecule has 2 aromatic rings. The van der Waals surface area contributed by atoms with Crippen molar-refractivity contribution in [1.29, 1.82) is 0 Å². The molecule has 0 radical (unpaired) electrons. The number of benzene rings is 1. The summed E-state index contributed by atoms with van der Waals surface area (Å²) in [6.45, 7) is 1.02. The van der Waals surface area contributed by atoms with Crippen LogP contribution in [-0.2, 0) is 19.1 Å². The topological polar surface area (TPSA) is 175 Å². The molecule has 160 valence electrons. The van der Waals surface area contributed by atoms with Crippen LogP contribution >= 0.6 is 0 Å². The number of aliphatic hydroxyl groups is 3. The molecule has 3 rings (SSSR count). The fraction of sp³-hybridized carbons (Fsp3) is 0.368. The van der Waals surface area contributed by atoms with Crippen molar-refractivity contribution in [3.63, 3.8) is 0 Å². The normalized spacial score (nSPS) is 21.0. The molecule has 1 aliphatic rings. The second-order valence-corrected chi connectivity index (χ2v) is 6.43. The number of carbonyl (C=O) groups excluding carboxylic acids is 3. The zero-order chi connectivity index (χ0) is 22.3. The number of allylic oxidation sites excluding steroid dienone is 1. The largest absolute Gasteiger partial charge is 1.00 e. The summed E-state index contributed by atoms with van der Waals surface area (Å²) in [6, 6.07) is 9.61. The van der Waals surface area contributed by atoms with E-state index in [4.69, 9.17) is 19.4 Å². The van der Waals surface area contributed by atoms with E-state index < -0.39 is 48.6 Å². The van der Waals surface area contributed by atoms with Gasteiger partial charge in [0.1, 0.15) is 30.0 Å². The van der Waals surface area contributed by atoms with E-state index in [0.29, 0.717) is 5.69 Å². The molecule has 3 N–H and O–H groups in total. The first-order valence-corrected chi connectivity index (χ1v) is 8.79. The van der Waals surface area contributed by atoms with Crippen molar-refractivity contribution in [1.82, 2.24) is 15.0 Å². The van der Waals surface area contributed by atoms with E-state index in [0.717, 1.165) is 5.56 Å². The van der Waals surface area contributed by atoms with Crippen LogP contribution in [0.15, 0.2) is 42.3 Å². The van der Waals surface area contributed by atoms with Crippen LogP contribution in [0, 0.1) is 12.0 Å². The smallest absolute Gasteiger partial charge is 0.542 e. The average Bonchev–Trinajstić information content (AvgIpc) is 3.24. The van der Waals surface area contributed by atoms with Crippen LogP contribution in [0.3, 0.4) is 0 Å². The molecule has 0 amide bonds. The average molecular weight is 463 g/mol. The van der Waals surface area contributed by atoms with Crippen molar-refractivity contribution in [2.45, 2.75) is 31.3 Å². The Morgan fingerprint density at radius 2 is 2.00 bits per heavy atom. The Balaban J connectivity index is 0.00000182. The molecule has 0 saturated carbocycles. The predicted octanol–water partition coefficient (Wildman–Crippen LogP) is -7.91. The quantitative estimate of drug-likeness (QED) is 0.276. The summed E-state index contributed by atoms with van der Waals surface area (Å²) >= 11 is 0. The molecule has 0 bridgehead atoms. The third-order valence-corrected chi connectivity index (χ3v) is 4.56. The molecule has 11 nitrogen and oxygen atoms in total. The van der Waals surface area contributed by atoms with Crippen molar-refractivity contribution in [2.24, 2.45) is 5.92 Å². The van der Waals surface area contributed by atoms with Gasteiger partial charge in [-0.25, -0.2) is 0 Å². The van der Waals surface area contributed by atoms with Gasteiger partial charge >= 0.3 is 65.3 Å². The Morgan fingerprint density at radius 1 is 1.34 bits per heavy atom. The summed E-state index contributed by atoms with van der Waals surface area (Å²) in [6.07, 6.45) is -0.869. The number of aromatic nitrogens is 3. The zero-order valence-electron chi connectivity index (χ0n) is 17.8. The van der Waals surface area contributed by atoms with E-state index in [1.807, 2.05) is 18.2 Å². The first-order chi connectivity index (χ1) is 14.3. The van der Waals surface area contributed by atoms with Gasteiger partial charge in [-0.05, 0) is 6.08 Å². The van der Waals surface area contributed by atoms with Crippen molar-refractivity contribution < 1.29 is 98.7 Å². The Labute approximate surface area is 227 Å². The molecule has 0 unspecified atom stereocenters. The van der Waals surface area contributed by atoms with Crippen LogP contribution in [0.4, 0.5) is 0 Å². The molecule has 0 aliphatic carbocycles. The summed E-state index contributed by atoms with van der Waals surface area (Å²) in [5.41, 5.74) is 1.27. The van der Waals surface area contributed by atoms with E-state index in [1.54, 1.807) is 19.2 Å². The number of rotatable bonds is 6. The van der Waals surface area contributed by atoms with Gasteiger partial charge in [0.15, 0.2) is 0 Å². The second kappa shape index (κ2) is 14.7. The van der Waals surface area contributed by atoms with Gasteiger partial charge in [-0.1, -0.05) is 12.1 Å². The fourth-order valence-electron chi connectivity index (χ4n) is 3.03. The number of ether oxygens (including phenoxy) is 1. The van der Waals surface area contributed by atoms with E-state index >= 15 is 0 Å². The SMILES string of the molecule is C[C@H]1[C@H]([C@H](O)[C@H](O)CO)OC(C(=O)[O-])=C[C@@H]1n1cc(-c2[c-]cccc2)nn1.O=C=O.[Na+].[Na+]. The minimum atomic E-state index is -1.56. The fourth-order valence-corrected chi connectivity index (χ4v) is 3.03. The Morgan fingerprint density at radius 3 is 2.53 bits per heavy atom. The number of nitrogens with zero attached hydrogens (tertiary/aromatic N) is 3. The molecule has 13 heteroatoms. The number of carbonyl (C=O) groups is 1. The summed E-state index contributed by atoms with van der Waals surface area (Å²) in [4.78, 5) is 27.6. The van der Waals surface area contributed by atoms with Crippen LogP contribution in [0.5, 0.6) is 0 Å². The molecule has 32 heavy (non-hydrogen) atoms. The van der Waals surface area contributed by atoms with E-state index in [2.05, 4.69) is 16.4 Å². The van der Waals surface area contributed by atoms with Gasteiger partial charge in [0, 0.05) is 17.8 Å². The number of hydrogen-bond donors (Lipinski definition) is 3. The first kappa shape index (κ1) is 30.6. The summed E-state index contributed by atoms with van der Waals surface area (Å²) in [5.74, 6) is -2.52. The molecule has 1 aromatic heterocycles. The minimum absolute atomic E-state index is 0. The molecule has 1 aromatic carbocycles. The van der Waals surface area contributed by atoms with Crippen LogP contribution < -0.4 is 64.2 Å². The maximum atomic E-state index is 11.3. The zero-order valence-corrected chi connectivity index (χ0v) is 21.8. The molecular formula is C19H19N3Na2O8. The first-order valence-electron chi connectivity index (χ1n) is 8.79. The van der Waals surface area contributed by atoms with Crippen molar-refractivity contribution >= 4 is 12.1 Å². The number of aliphatic carboxylic acids is 1. The number of hydrogen-bond acceptors (Lipinski definition) is 10. The number of carboxylic acid groups (broad SMARTS) is 1. The summed E-state index contributed by atoms with van der Waals surface area (Å²) in [7, 11) is 0. The summed E-state index contributed by atoms with van der Waals surface area (Å²) in [5, 5.41) is 48.5. The van der Waals surface area contributed by atoms with Crippen molar-refractivity contribution in [3.05, 3.63) is 48.4 Å². The van der Waals surface area contributed by atoms with Gasteiger partial charge < -0.3 is 30.0 Å². The van der Waals surface area contributed by atoms with E-state index in [1.165, 1.54) is 10.8 Å². The molecule has 1 aliphatic heterocycles. The third kappa shape index (κ3) is 7.60. The van der Waals surface area contributed by atoms with Crippen LogP contribution in [0.2, 0.25) is 0 Å². The van der Waals surface area contributed by atoms with Gasteiger partial charge in [-0.3, -0.25) is 4.68 Å². The van der Waals surface area contributed by atoms with Crippen molar-refractivity contribution in [3.8, 4) is 11.3 Å². The number of carboxylic acids is 1. The van der Waals surface area contributed by atoms with Crippen LogP contribution in [0.1, 0.15) is 13.0 Å². The van der Waals surface area contributed by atoms with Gasteiger partial charge in [-0.15, -0.1) is 35.9 Å². The Bertz CT molecular complexity index is 918. The van der Waals surface area contributed by atoms with Crippen LogP contribution in [-0.4, -0.2) is 67.4 Å². The minimum Gasteiger partial charge on any atom is -0.542 e. The Hall–Kier alpha value is -1.37. The molecule has 0 fully saturated rings. The molecule has 2 heterocycles. The van der Waals surface area contributed by atoms with Gasteiger partial charge in [0.25, 0.3) is 0 Å². The van der Waals surface area contributed by atoms with E-state index in [9.17, 15) is 20.1 Å². The number of aliphatic hydroxyl groups excluding tert-OH is 3.